The number of nitrogens with one attached hydrogen (secondary N) is 1. The number of benzene rings is 1. The van der Waals surface area contributed by atoms with Gasteiger partial charge in [-0.2, -0.15) is 0 Å². The highest BCUT2D eigenvalue weighted by atomic mass is 79.9. The lowest BCUT2D eigenvalue weighted by Crippen LogP contribution is -2.58. The molecular formula is C40H61BrN8O6. The molecular weight excluding hydrogens is 768 g/mol. The zero-order valence-electron chi connectivity index (χ0n) is 33.7. The number of piperidine rings is 1. The summed E-state index contributed by atoms with van der Waals surface area (Å²) < 4.78 is 8.26. The van der Waals surface area contributed by atoms with Gasteiger partial charge in [0.1, 0.15) is 24.3 Å². The van der Waals surface area contributed by atoms with Crippen LogP contribution in [-0.2, 0) is 28.8 Å². The molecule has 304 valence electrons. The second kappa shape index (κ2) is 19.7. The van der Waals surface area contributed by atoms with Gasteiger partial charge in [-0.1, -0.05) is 39.8 Å². The topological polar surface area (TPSA) is 165 Å². The fourth-order valence-electron chi connectivity index (χ4n) is 7.61. The van der Waals surface area contributed by atoms with Gasteiger partial charge in [0.05, 0.1) is 25.1 Å². The van der Waals surface area contributed by atoms with Crippen LogP contribution in [0.25, 0.3) is 5.69 Å². The quantitative estimate of drug-likeness (QED) is 0.128. The number of carbonyl (C=O) groups excluding carboxylic acids is 4. The number of halogens is 1. The van der Waals surface area contributed by atoms with E-state index in [0.717, 1.165) is 61.2 Å². The Kier molecular flexibility index (Phi) is 15.7. The first kappa shape index (κ1) is 43.7. The third kappa shape index (κ3) is 12.3. The van der Waals surface area contributed by atoms with Gasteiger partial charge in [0.15, 0.2) is 0 Å². The standard InChI is InChI=1S/C40H61BrN8O6/c1-9-33(27(4)22-44-55-26(2)3)48(30-10-11-34(32(41)20-30)47-19-15-43-25-47)18-14-29-12-16-46(17-13-29)24-36(51)45-37(40(6,7)8)39(53)49-23-31(54-28(5)50)21-35(49)38(42)52/h10-11,15,19-20,22,25-27,29,31,33,35,37H,9,12-14,16-18,21,23-24H2,1-8H3,(H2,42,52)(H,45,51)/b44-22-/t27?,31-,33?,35+,37-/m1/s1. The number of anilines is 1. The number of hydrogen-bond donors (Lipinski definition) is 2. The molecule has 1 aromatic carbocycles. The van der Waals surface area contributed by atoms with E-state index in [0.29, 0.717) is 5.92 Å². The minimum atomic E-state index is -0.917. The second-order valence-corrected chi connectivity index (χ2v) is 17.1. The van der Waals surface area contributed by atoms with E-state index in [1.165, 1.54) is 11.8 Å². The Hall–Kier alpha value is -3.98. The molecule has 55 heavy (non-hydrogen) atoms. The first-order chi connectivity index (χ1) is 26.0. The molecule has 14 nitrogen and oxygen atoms in total. The van der Waals surface area contributed by atoms with E-state index in [9.17, 15) is 19.2 Å². The molecule has 3 heterocycles. The van der Waals surface area contributed by atoms with Crippen molar-refractivity contribution < 1.29 is 28.8 Å². The number of nitrogens with zero attached hydrogens (tertiary/aromatic N) is 6. The van der Waals surface area contributed by atoms with Crippen molar-refractivity contribution in [2.24, 2.45) is 28.1 Å². The average molecular weight is 830 g/mol. The number of rotatable bonds is 17. The first-order valence-corrected chi connectivity index (χ1v) is 20.3. The Bertz CT molecular complexity index is 1620. The maximum absolute atomic E-state index is 13.8. The predicted molar refractivity (Wildman–Crippen MR) is 217 cm³/mol. The van der Waals surface area contributed by atoms with E-state index < -0.39 is 41.4 Å². The van der Waals surface area contributed by atoms with Crippen molar-refractivity contribution in [3.05, 3.63) is 41.4 Å². The van der Waals surface area contributed by atoms with E-state index >= 15 is 0 Å². The number of ether oxygens (including phenoxy) is 1. The van der Waals surface area contributed by atoms with Crippen LogP contribution in [-0.4, -0.2) is 112 Å². The predicted octanol–water partition coefficient (Wildman–Crippen LogP) is 4.92. The van der Waals surface area contributed by atoms with Crippen LogP contribution in [0.4, 0.5) is 5.69 Å². The van der Waals surface area contributed by atoms with Gasteiger partial charge in [0.2, 0.25) is 17.7 Å². The number of imidazole rings is 1. The summed E-state index contributed by atoms with van der Waals surface area (Å²) in [6.45, 7) is 17.8. The molecule has 3 N–H and O–H groups in total. The number of amides is 3. The van der Waals surface area contributed by atoms with Crippen LogP contribution < -0.4 is 16.0 Å². The van der Waals surface area contributed by atoms with Crippen molar-refractivity contribution in [1.82, 2.24) is 24.7 Å². The lowest BCUT2D eigenvalue weighted by Gasteiger charge is -2.38. The molecule has 2 aliphatic heterocycles. The summed E-state index contributed by atoms with van der Waals surface area (Å²) in [6, 6.07) is 4.85. The summed E-state index contributed by atoms with van der Waals surface area (Å²) in [7, 11) is 0. The summed E-state index contributed by atoms with van der Waals surface area (Å²) >= 11 is 3.81. The number of esters is 1. The summed E-state index contributed by atoms with van der Waals surface area (Å²) in [5.74, 6) is -1.21. The van der Waals surface area contributed by atoms with Crippen LogP contribution in [0.2, 0.25) is 0 Å². The van der Waals surface area contributed by atoms with E-state index in [-0.39, 0.29) is 43.5 Å². The highest BCUT2D eigenvalue weighted by Crippen LogP contribution is 2.32. The number of oxime groups is 1. The monoisotopic (exact) mass is 828 g/mol. The Morgan fingerprint density at radius 2 is 1.87 bits per heavy atom. The Balaban J connectivity index is 1.38. The molecule has 15 heteroatoms. The normalized spacial score (nSPS) is 20.0. The fraction of sp³-hybridized carbons (Fsp3) is 0.650. The summed E-state index contributed by atoms with van der Waals surface area (Å²) in [4.78, 5) is 66.8. The third-order valence-electron chi connectivity index (χ3n) is 10.5. The molecule has 0 spiro atoms. The molecule has 0 saturated carbocycles. The lowest BCUT2D eigenvalue weighted by atomic mass is 9.85. The molecule has 2 unspecified atom stereocenters. The molecule has 1 aromatic heterocycles. The van der Waals surface area contributed by atoms with Crippen molar-refractivity contribution >= 4 is 51.5 Å². The maximum atomic E-state index is 13.8. The minimum Gasteiger partial charge on any atom is -0.461 e. The highest BCUT2D eigenvalue weighted by Gasteiger charge is 2.45. The average Bonchev–Trinajstić information content (AvgIpc) is 3.79. The molecule has 2 fully saturated rings. The SMILES string of the molecule is CCC(C(C)/C=N\OC(C)C)N(CCC1CCN(CC(=O)N[C@H](C(=O)N2C[C@H](OC(C)=O)C[C@H]2C(N)=O)C(C)(C)C)CC1)c1ccc(-n2ccnc2)c(Br)c1. The van der Waals surface area contributed by atoms with Crippen LogP contribution in [0.1, 0.15) is 87.5 Å². The van der Waals surface area contributed by atoms with Crippen LogP contribution >= 0.6 is 15.9 Å². The second-order valence-electron chi connectivity index (χ2n) is 16.3. The van der Waals surface area contributed by atoms with E-state index in [4.69, 9.17) is 15.3 Å². The molecule has 0 bridgehead atoms. The molecule has 3 amide bonds. The number of carbonyl (C=O) groups is 4. The van der Waals surface area contributed by atoms with Gasteiger partial charge in [-0.25, -0.2) is 4.98 Å². The molecule has 4 rings (SSSR count). The zero-order chi connectivity index (χ0) is 40.4. The van der Waals surface area contributed by atoms with Gasteiger partial charge in [-0.3, -0.25) is 24.1 Å². The van der Waals surface area contributed by atoms with Gasteiger partial charge in [0.25, 0.3) is 0 Å². The minimum absolute atomic E-state index is 0.0136. The van der Waals surface area contributed by atoms with Crippen LogP contribution in [0.5, 0.6) is 0 Å². The third-order valence-corrected chi connectivity index (χ3v) is 11.2. The van der Waals surface area contributed by atoms with Gasteiger partial charge >= 0.3 is 5.97 Å². The summed E-state index contributed by atoms with van der Waals surface area (Å²) in [6.07, 6.45) is 10.7. The van der Waals surface area contributed by atoms with Gasteiger partial charge in [-0.05, 0) is 98.1 Å². The molecule has 0 radical (unpaired) electrons. The smallest absolute Gasteiger partial charge is 0.302 e. The first-order valence-electron chi connectivity index (χ1n) is 19.5. The van der Waals surface area contributed by atoms with Gasteiger partial charge in [0, 0.05) is 60.6 Å². The van der Waals surface area contributed by atoms with Gasteiger partial charge < -0.3 is 35.0 Å². The maximum Gasteiger partial charge on any atom is 0.302 e. The Morgan fingerprint density at radius 3 is 2.44 bits per heavy atom. The molecule has 5 atom stereocenters. The van der Waals surface area contributed by atoms with Crippen molar-refractivity contribution in [2.75, 3.05) is 37.6 Å². The Labute approximate surface area is 334 Å². The largest absolute Gasteiger partial charge is 0.461 e. The summed E-state index contributed by atoms with van der Waals surface area (Å²) in [5.41, 5.74) is 7.13. The molecule has 0 aliphatic carbocycles. The highest BCUT2D eigenvalue weighted by molar-refractivity contribution is 9.10. The van der Waals surface area contributed by atoms with Gasteiger partial charge in [-0.15, -0.1) is 0 Å². The van der Waals surface area contributed by atoms with Crippen LogP contribution in [0.15, 0.2) is 46.5 Å². The number of nitrogens with two attached hydrogens (primary N) is 1. The van der Waals surface area contributed by atoms with E-state index in [1.54, 1.807) is 12.5 Å². The van der Waals surface area contributed by atoms with Crippen molar-refractivity contribution in [3.63, 3.8) is 0 Å². The van der Waals surface area contributed by atoms with Crippen molar-refractivity contribution in [1.29, 1.82) is 0 Å². The van der Waals surface area contributed by atoms with E-state index in [2.05, 4.69) is 73.2 Å². The van der Waals surface area contributed by atoms with Crippen LogP contribution in [0, 0.1) is 17.3 Å². The lowest BCUT2D eigenvalue weighted by molar-refractivity contribution is -0.147. The Morgan fingerprint density at radius 1 is 1.16 bits per heavy atom. The van der Waals surface area contributed by atoms with Crippen molar-refractivity contribution in [3.8, 4) is 5.69 Å². The molecule has 2 aliphatic rings. The number of primary amides is 1. The molecule has 2 aromatic rings. The zero-order valence-corrected chi connectivity index (χ0v) is 35.3. The molecule has 2 saturated heterocycles. The number of aromatic nitrogens is 2. The van der Waals surface area contributed by atoms with E-state index in [1.807, 2.05) is 51.6 Å². The number of hydrogen-bond acceptors (Lipinski definition) is 10. The fourth-order valence-corrected chi connectivity index (χ4v) is 8.18. The van der Waals surface area contributed by atoms with Crippen molar-refractivity contribution in [2.45, 2.75) is 118 Å². The van der Waals surface area contributed by atoms with Crippen LogP contribution in [0.3, 0.4) is 0 Å². The number of likely N-dealkylation sites (tertiary alicyclic amines) is 2. The summed E-state index contributed by atoms with van der Waals surface area (Å²) in [5, 5.41) is 7.25.